The van der Waals surface area contributed by atoms with Gasteiger partial charge in [-0.15, -0.1) is 0 Å². The number of ether oxygens (including phenoxy) is 2. The van der Waals surface area contributed by atoms with Crippen molar-refractivity contribution in [1.82, 2.24) is 4.57 Å². The Balaban J connectivity index is 1.52. The van der Waals surface area contributed by atoms with Crippen LogP contribution in [0.1, 0.15) is 37.4 Å². The van der Waals surface area contributed by atoms with Gasteiger partial charge >= 0.3 is 0 Å². The van der Waals surface area contributed by atoms with Crippen LogP contribution in [0, 0.1) is 11.8 Å². The summed E-state index contributed by atoms with van der Waals surface area (Å²) in [6, 6.07) is 18.0. The third-order valence-corrected chi connectivity index (χ3v) is 5.94. The van der Waals surface area contributed by atoms with Crippen molar-refractivity contribution < 1.29 is 14.3 Å². The molecule has 0 spiro atoms. The molecule has 1 saturated heterocycles. The second kappa shape index (κ2) is 10.5. The van der Waals surface area contributed by atoms with Gasteiger partial charge in [-0.2, -0.15) is 0 Å². The van der Waals surface area contributed by atoms with Crippen molar-refractivity contribution in [1.29, 1.82) is 0 Å². The van der Waals surface area contributed by atoms with E-state index in [0.717, 1.165) is 59.3 Å². The second-order valence-corrected chi connectivity index (χ2v) is 8.28. The first-order chi connectivity index (χ1) is 16.0. The molecular weight excluding hydrogens is 412 g/mol. The van der Waals surface area contributed by atoms with Crippen LogP contribution in [0.25, 0.3) is 16.5 Å². The summed E-state index contributed by atoms with van der Waals surface area (Å²) >= 11 is 0. The van der Waals surface area contributed by atoms with E-state index < -0.39 is 0 Å². The predicted octanol–water partition coefficient (Wildman–Crippen LogP) is 5.14. The Morgan fingerprint density at radius 1 is 1.21 bits per heavy atom. The number of aryl methyl sites for hydroxylation is 1. The number of carbonyl (C=O) groups excluding carboxylic acids is 1. The van der Waals surface area contributed by atoms with Gasteiger partial charge in [0.1, 0.15) is 6.61 Å². The van der Waals surface area contributed by atoms with Gasteiger partial charge in [0.25, 0.3) is 0 Å². The Bertz CT molecular complexity index is 1210. The van der Waals surface area contributed by atoms with E-state index in [1.165, 1.54) is 0 Å². The minimum Gasteiger partial charge on any atom is -0.353 e. The van der Waals surface area contributed by atoms with E-state index in [4.69, 9.17) is 9.47 Å². The average Bonchev–Trinajstić information content (AvgIpc) is 3.18. The third-order valence-electron chi connectivity index (χ3n) is 5.94. The molecule has 5 nitrogen and oxygen atoms in total. The number of para-hydroxylation sites is 2. The Hall–Kier alpha value is -3.33. The normalized spacial score (nSPS) is 15.6. The zero-order valence-corrected chi connectivity index (χ0v) is 19.3. The van der Waals surface area contributed by atoms with Gasteiger partial charge < -0.3 is 18.9 Å². The van der Waals surface area contributed by atoms with Gasteiger partial charge in [-0.1, -0.05) is 48.8 Å². The van der Waals surface area contributed by atoms with Crippen LogP contribution in [0.4, 0.5) is 5.69 Å². The number of hydrogen-bond acceptors (Lipinski definition) is 3. The summed E-state index contributed by atoms with van der Waals surface area (Å²) in [4.78, 5) is 14.4. The van der Waals surface area contributed by atoms with Crippen LogP contribution in [-0.4, -0.2) is 36.5 Å². The van der Waals surface area contributed by atoms with Crippen LogP contribution in [0.15, 0.2) is 61.2 Å². The van der Waals surface area contributed by atoms with Gasteiger partial charge in [-0.3, -0.25) is 4.79 Å². The molecule has 3 aromatic rings. The lowest BCUT2D eigenvalue weighted by Crippen LogP contribution is -2.31. The largest absolute Gasteiger partial charge is 0.353 e. The second-order valence-electron chi connectivity index (χ2n) is 8.28. The van der Waals surface area contributed by atoms with E-state index in [0.29, 0.717) is 13.2 Å². The smallest absolute Gasteiger partial charge is 0.224 e. The molecule has 1 atom stereocenters. The molecule has 170 valence electrons. The van der Waals surface area contributed by atoms with Crippen LogP contribution in [0.3, 0.4) is 0 Å². The lowest BCUT2D eigenvalue weighted by Gasteiger charge is -2.24. The van der Waals surface area contributed by atoms with E-state index in [9.17, 15) is 4.79 Å². The third kappa shape index (κ3) is 5.36. The monoisotopic (exact) mass is 442 g/mol. The molecule has 33 heavy (non-hydrogen) atoms. The lowest BCUT2D eigenvalue weighted by molar-refractivity contribution is -0.154. The first-order valence-corrected chi connectivity index (χ1v) is 11.4. The summed E-state index contributed by atoms with van der Waals surface area (Å²) in [7, 11) is 2.02. The standard InChI is InChI=1S/C28H30N2O3/c1-21(27-19-24-12-5-6-14-25(24)29(27)3)20-30(22(2)31)26-15-7-4-11-23(26)13-10-18-33-28-16-8-9-17-32-28/h4-7,11-12,14-15,19,28H,1,8-9,16-18,20H2,2-3H3. The van der Waals surface area contributed by atoms with Gasteiger partial charge in [0.05, 0.1) is 12.2 Å². The van der Waals surface area contributed by atoms with Crippen molar-refractivity contribution in [2.24, 2.45) is 7.05 Å². The maximum absolute atomic E-state index is 12.6. The topological polar surface area (TPSA) is 43.7 Å². The van der Waals surface area contributed by atoms with Crippen LogP contribution < -0.4 is 4.90 Å². The Morgan fingerprint density at radius 2 is 2.00 bits per heavy atom. The highest BCUT2D eigenvalue weighted by Crippen LogP contribution is 2.27. The van der Waals surface area contributed by atoms with E-state index >= 15 is 0 Å². The van der Waals surface area contributed by atoms with Crippen LogP contribution >= 0.6 is 0 Å². The summed E-state index contributed by atoms with van der Waals surface area (Å²) in [5, 5.41) is 1.15. The number of fused-ring (bicyclic) bond motifs is 1. The van der Waals surface area contributed by atoms with E-state index in [-0.39, 0.29) is 12.2 Å². The van der Waals surface area contributed by atoms with Gasteiger partial charge in [0.15, 0.2) is 6.29 Å². The maximum atomic E-state index is 12.6. The first-order valence-electron chi connectivity index (χ1n) is 11.4. The number of carbonyl (C=O) groups is 1. The highest BCUT2D eigenvalue weighted by Gasteiger charge is 2.18. The van der Waals surface area contributed by atoms with Crippen molar-refractivity contribution >= 4 is 28.1 Å². The molecule has 0 radical (unpaired) electrons. The molecule has 1 amide bonds. The van der Waals surface area contributed by atoms with Crippen molar-refractivity contribution in [3.63, 3.8) is 0 Å². The molecule has 1 fully saturated rings. The van der Waals surface area contributed by atoms with Crippen LogP contribution in [-0.2, 0) is 21.3 Å². The van der Waals surface area contributed by atoms with Gasteiger partial charge in [0.2, 0.25) is 5.91 Å². The van der Waals surface area contributed by atoms with Crippen LogP contribution in [0.5, 0.6) is 0 Å². The van der Waals surface area contributed by atoms with E-state index in [1.807, 2.05) is 43.4 Å². The number of aromatic nitrogens is 1. The molecule has 1 aromatic heterocycles. The fourth-order valence-corrected chi connectivity index (χ4v) is 4.19. The molecular formula is C28H30N2O3. The van der Waals surface area contributed by atoms with Gasteiger partial charge in [-0.05, 0) is 49.1 Å². The molecule has 2 aromatic carbocycles. The zero-order valence-electron chi connectivity index (χ0n) is 19.3. The van der Waals surface area contributed by atoms with Crippen molar-refractivity contribution in [3.05, 3.63) is 72.4 Å². The number of amides is 1. The Morgan fingerprint density at radius 3 is 2.76 bits per heavy atom. The Labute approximate surface area is 195 Å². The maximum Gasteiger partial charge on any atom is 0.224 e. The van der Waals surface area contributed by atoms with Gasteiger partial charge in [-0.25, -0.2) is 0 Å². The number of rotatable bonds is 6. The van der Waals surface area contributed by atoms with Crippen molar-refractivity contribution in [2.75, 3.05) is 24.7 Å². The Kier molecular flexibility index (Phi) is 7.29. The number of anilines is 1. The fourth-order valence-electron chi connectivity index (χ4n) is 4.19. The predicted molar refractivity (Wildman–Crippen MR) is 133 cm³/mol. The molecule has 1 aliphatic rings. The lowest BCUT2D eigenvalue weighted by atomic mass is 10.1. The quantitative estimate of drug-likeness (QED) is 0.497. The summed E-state index contributed by atoms with van der Waals surface area (Å²) in [5.41, 5.74) is 4.56. The number of hydrogen-bond donors (Lipinski definition) is 0. The fraction of sp³-hybridized carbons (Fsp3) is 0.321. The SMILES string of the molecule is C=C(CN(C(C)=O)c1ccccc1C#CCOC1CCCCO1)c1cc2ccccc2n1C. The number of benzene rings is 2. The average molecular weight is 443 g/mol. The molecule has 2 heterocycles. The summed E-state index contributed by atoms with van der Waals surface area (Å²) in [6.45, 7) is 7.29. The summed E-state index contributed by atoms with van der Waals surface area (Å²) in [5.74, 6) is 6.19. The molecule has 1 unspecified atom stereocenters. The van der Waals surface area contributed by atoms with Crippen molar-refractivity contribution in [3.8, 4) is 11.8 Å². The summed E-state index contributed by atoms with van der Waals surface area (Å²) in [6.07, 6.45) is 2.95. The molecule has 0 bridgehead atoms. The van der Waals surface area contributed by atoms with E-state index in [1.54, 1.807) is 11.8 Å². The van der Waals surface area contributed by atoms with Crippen molar-refractivity contribution in [2.45, 2.75) is 32.5 Å². The zero-order chi connectivity index (χ0) is 23.2. The minimum absolute atomic E-state index is 0.0592. The van der Waals surface area contributed by atoms with Gasteiger partial charge in [0, 0.05) is 42.7 Å². The molecule has 1 aliphatic heterocycles. The number of nitrogens with zero attached hydrogens (tertiary/aromatic N) is 2. The summed E-state index contributed by atoms with van der Waals surface area (Å²) < 4.78 is 13.4. The molecule has 0 aliphatic carbocycles. The highest BCUT2D eigenvalue weighted by atomic mass is 16.7. The minimum atomic E-state index is -0.166. The molecule has 5 heteroatoms. The first kappa shape index (κ1) is 22.8. The van der Waals surface area contributed by atoms with E-state index in [2.05, 4.69) is 41.2 Å². The molecule has 0 saturated carbocycles. The van der Waals surface area contributed by atoms with Crippen LogP contribution in [0.2, 0.25) is 0 Å². The highest BCUT2D eigenvalue weighted by molar-refractivity contribution is 5.96. The molecule has 0 N–H and O–H groups in total. The molecule has 4 rings (SSSR count).